The smallest absolute Gasteiger partial charge is 0.136 e. The van der Waals surface area contributed by atoms with Gasteiger partial charge in [-0.1, -0.05) is 18.9 Å². The van der Waals surface area contributed by atoms with Gasteiger partial charge in [0.2, 0.25) is 0 Å². The van der Waals surface area contributed by atoms with Crippen LogP contribution in [0.25, 0.3) is 10.8 Å². The van der Waals surface area contributed by atoms with Crippen LogP contribution in [-0.4, -0.2) is 31.2 Å². The summed E-state index contributed by atoms with van der Waals surface area (Å²) < 4.78 is 5.35. The van der Waals surface area contributed by atoms with Gasteiger partial charge in [-0.25, -0.2) is 4.98 Å². The molecule has 1 aliphatic rings. The van der Waals surface area contributed by atoms with E-state index in [1.165, 1.54) is 18.2 Å². The van der Waals surface area contributed by atoms with E-state index in [0.29, 0.717) is 6.04 Å². The molecule has 1 fully saturated rings. The maximum absolute atomic E-state index is 6.32. The molecule has 1 aromatic heterocycles. The summed E-state index contributed by atoms with van der Waals surface area (Å²) >= 11 is 0. The van der Waals surface area contributed by atoms with Crippen molar-refractivity contribution in [2.45, 2.75) is 37.8 Å². The molecule has 2 atom stereocenters. The molecule has 0 amide bonds. The zero-order valence-electron chi connectivity index (χ0n) is 12.7. The Morgan fingerprint density at radius 1 is 1.24 bits per heavy atom. The van der Waals surface area contributed by atoms with E-state index >= 15 is 0 Å². The van der Waals surface area contributed by atoms with E-state index in [1.54, 1.807) is 7.11 Å². The Kier molecular flexibility index (Phi) is 3.97. The summed E-state index contributed by atoms with van der Waals surface area (Å²) in [4.78, 5) is 6.86. The Morgan fingerprint density at radius 2 is 2.05 bits per heavy atom. The number of aromatic nitrogens is 1. The van der Waals surface area contributed by atoms with Gasteiger partial charge in [-0.2, -0.15) is 0 Å². The number of hydrogen-bond donors (Lipinski definition) is 1. The molecular formula is C17H23N3O. The van der Waals surface area contributed by atoms with Crippen molar-refractivity contribution in [3.63, 3.8) is 0 Å². The van der Waals surface area contributed by atoms with Gasteiger partial charge in [0, 0.05) is 30.7 Å². The van der Waals surface area contributed by atoms with Gasteiger partial charge in [0.15, 0.2) is 0 Å². The number of methoxy groups -OCH3 is 1. The number of pyridine rings is 1. The fourth-order valence-electron chi connectivity index (χ4n) is 3.32. The van der Waals surface area contributed by atoms with Crippen LogP contribution in [0.3, 0.4) is 0 Å². The largest absolute Gasteiger partial charge is 0.497 e. The third-order valence-corrected chi connectivity index (χ3v) is 4.57. The first-order valence-electron chi connectivity index (χ1n) is 7.62. The van der Waals surface area contributed by atoms with Crippen molar-refractivity contribution in [2.24, 2.45) is 5.73 Å². The molecule has 2 N–H and O–H groups in total. The third-order valence-electron chi connectivity index (χ3n) is 4.57. The molecule has 1 saturated carbocycles. The summed E-state index contributed by atoms with van der Waals surface area (Å²) in [5, 5.41) is 2.30. The summed E-state index contributed by atoms with van der Waals surface area (Å²) in [5.74, 6) is 1.85. The predicted molar refractivity (Wildman–Crippen MR) is 86.9 cm³/mol. The van der Waals surface area contributed by atoms with Gasteiger partial charge in [-0.05, 0) is 36.4 Å². The maximum Gasteiger partial charge on any atom is 0.136 e. The van der Waals surface area contributed by atoms with Crippen molar-refractivity contribution >= 4 is 16.6 Å². The highest BCUT2D eigenvalue weighted by atomic mass is 16.5. The lowest BCUT2D eigenvalue weighted by Gasteiger charge is -2.37. The van der Waals surface area contributed by atoms with Crippen LogP contribution in [-0.2, 0) is 0 Å². The highest BCUT2D eigenvalue weighted by Crippen LogP contribution is 2.31. The van der Waals surface area contributed by atoms with Crippen molar-refractivity contribution in [3.05, 3.63) is 30.5 Å². The minimum Gasteiger partial charge on any atom is -0.497 e. The molecule has 3 rings (SSSR count). The van der Waals surface area contributed by atoms with Crippen molar-refractivity contribution < 1.29 is 4.74 Å². The zero-order valence-corrected chi connectivity index (χ0v) is 12.7. The molecule has 1 aliphatic carbocycles. The first-order valence-corrected chi connectivity index (χ1v) is 7.62. The lowest BCUT2D eigenvalue weighted by molar-refractivity contribution is 0.373. The minimum atomic E-state index is 0.228. The van der Waals surface area contributed by atoms with E-state index in [2.05, 4.69) is 29.1 Å². The number of hydrogen-bond acceptors (Lipinski definition) is 4. The molecule has 2 aromatic rings. The van der Waals surface area contributed by atoms with E-state index in [4.69, 9.17) is 10.5 Å². The lowest BCUT2D eigenvalue weighted by atomic mass is 9.90. The summed E-state index contributed by atoms with van der Waals surface area (Å²) in [5.41, 5.74) is 6.32. The predicted octanol–water partition coefficient (Wildman–Crippen LogP) is 2.95. The molecule has 0 saturated heterocycles. The Balaban J connectivity index is 2.02. The molecule has 4 nitrogen and oxygen atoms in total. The number of rotatable bonds is 3. The van der Waals surface area contributed by atoms with Gasteiger partial charge in [0.05, 0.1) is 7.11 Å². The van der Waals surface area contributed by atoms with Crippen molar-refractivity contribution in [1.29, 1.82) is 0 Å². The highest BCUT2D eigenvalue weighted by molar-refractivity contribution is 5.93. The lowest BCUT2D eigenvalue weighted by Crippen LogP contribution is -2.48. The topological polar surface area (TPSA) is 51.4 Å². The average Bonchev–Trinajstić information content (AvgIpc) is 2.53. The van der Waals surface area contributed by atoms with Crippen molar-refractivity contribution in [1.82, 2.24) is 4.98 Å². The number of nitrogens with zero attached hydrogens (tertiary/aromatic N) is 2. The highest BCUT2D eigenvalue weighted by Gasteiger charge is 2.27. The molecule has 1 aromatic carbocycles. The Labute approximate surface area is 125 Å². The maximum atomic E-state index is 6.32. The summed E-state index contributed by atoms with van der Waals surface area (Å²) in [6.07, 6.45) is 6.59. The van der Waals surface area contributed by atoms with E-state index in [1.807, 2.05) is 18.3 Å². The van der Waals surface area contributed by atoms with Crippen LogP contribution in [0.2, 0.25) is 0 Å². The molecule has 0 aliphatic heterocycles. The van der Waals surface area contributed by atoms with Crippen LogP contribution in [0.4, 0.5) is 5.82 Å². The summed E-state index contributed by atoms with van der Waals surface area (Å²) in [6, 6.07) is 8.75. The van der Waals surface area contributed by atoms with Gasteiger partial charge in [-0.3, -0.25) is 0 Å². The van der Waals surface area contributed by atoms with Gasteiger partial charge < -0.3 is 15.4 Å². The van der Waals surface area contributed by atoms with Crippen molar-refractivity contribution in [3.8, 4) is 5.75 Å². The third kappa shape index (κ3) is 2.68. The molecular weight excluding hydrogens is 262 g/mol. The molecule has 1 heterocycles. The van der Waals surface area contributed by atoms with Crippen LogP contribution in [0.1, 0.15) is 25.7 Å². The number of anilines is 1. The molecule has 0 spiro atoms. The standard InChI is InChI=1S/C17H23N3O/c1-20(16-6-4-3-5-15(16)18)17-14-11-13(21-2)8-7-12(14)9-10-19-17/h7-11,15-16H,3-6,18H2,1-2H3. The molecule has 112 valence electrons. The summed E-state index contributed by atoms with van der Waals surface area (Å²) in [6.45, 7) is 0. The van der Waals surface area contributed by atoms with Crippen LogP contribution in [0.15, 0.2) is 30.5 Å². The monoisotopic (exact) mass is 285 g/mol. The molecule has 21 heavy (non-hydrogen) atoms. The number of benzene rings is 1. The second-order valence-corrected chi connectivity index (χ2v) is 5.85. The molecule has 2 unspecified atom stereocenters. The fourth-order valence-corrected chi connectivity index (χ4v) is 3.32. The van der Waals surface area contributed by atoms with Gasteiger partial charge >= 0.3 is 0 Å². The van der Waals surface area contributed by atoms with Crippen LogP contribution >= 0.6 is 0 Å². The molecule has 4 heteroatoms. The fraction of sp³-hybridized carbons (Fsp3) is 0.471. The first-order chi connectivity index (χ1) is 10.2. The quantitative estimate of drug-likeness (QED) is 0.942. The second kappa shape index (κ2) is 5.90. The minimum absolute atomic E-state index is 0.228. The van der Waals surface area contributed by atoms with Gasteiger partial charge in [0.25, 0.3) is 0 Å². The first kappa shape index (κ1) is 14.1. The van der Waals surface area contributed by atoms with Crippen LogP contribution in [0, 0.1) is 0 Å². The van der Waals surface area contributed by atoms with E-state index in [-0.39, 0.29) is 6.04 Å². The van der Waals surface area contributed by atoms with Crippen molar-refractivity contribution in [2.75, 3.05) is 19.1 Å². The SMILES string of the molecule is COc1ccc2ccnc(N(C)C3CCCCC3N)c2c1. The number of ether oxygens (including phenoxy) is 1. The number of fused-ring (bicyclic) bond motifs is 1. The van der Waals surface area contributed by atoms with E-state index < -0.39 is 0 Å². The van der Waals surface area contributed by atoms with Gasteiger partial charge in [-0.15, -0.1) is 0 Å². The Hall–Kier alpha value is -1.81. The molecule has 0 radical (unpaired) electrons. The Morgan fingerprint density at radius 3 is 2.81 bits per heavy atom. The number of likely N-dealkylation sites (N-methyl/N-ethyl adjacent to an activating group) is 1. The summed E-state index contributed by atoms with van der Waals surface area (Å²) in [7, 11) is 3.80. The van der Waals surface area contributed by atoms with Gasteiger partial charge in [0.1, 0.15) is 11.6 Å². The number of nitrogens with two attached hydrogens (primary N) is 1. The zero-order chi connectivity index (χ0) is 14.8. The average molecular weight is 285 g/mol. The van der Waals surface area contributed by atoms with Crippen LogP contribution < -0.4 is 15.4 Å². The Bertz CT molecular complexity index is 628. The molecule has 0 bridgehead atoms. The normalized spacial score (nSPS) is 22.2. The second-order valence-electron chi connectivity index (χ2n) is 5.85. The van der Waals surface area contributed by atoms with Crippen LogP contribution in [0.5, 0.6) is 5.75 Å². The van der Waals surface area contributed by atoms with E-state index in [0.717, 1.165) is 29.8 Å². The van der Waals surface area contributed by atoms with E-state index in [9.17, 15) is 0 Å².